The van der Waals surface area contributed by atoms with E-state index in [1.54, 1.807) is 12.4 Å². The Labute approximate surface area is 106 Å². The molecule has 0 unspecified atom stereocenters. The van der Waals surface area contributed by atoms with Crippen LogP contribution in [0.1, 0.15) is 5.56 Å². The van der Waals surface area contributed by atoms with Crippen molar-refractivity contribution in [2.75, 3.05) is 17.7 Å². The molecule has 17 heavy (non-hydrogen) atoms. The maximum atomic E-state index is 6.07. The van der Waals surface area contributed by atoms with E-state index in [-0.39, 0.29) is 0 Å². The molecule has 2 aromatic rings. The number of pyridine rings is 1. The third-order valence-corrected chi connectivity index (χ3v) is 2.94. The molecule has 0 atom stereocenters. The van der Waals surface area contributed by atoms with Gasteiger partial charge in [-0.25, -0.2) is 0 Å². The molecule has 88 valence electrons. The summed E-state index contributed by atoms with van der Waals surface area (Å²) < 4.78 is 0. The molecule has 0 fully saturated rings. The molecule has 0 aliphatic carbocycles. The number of nitrogens with zero attached hydrogens (tertiary/aromatic N) is 2. The zero-order valence-electron chi connectivity index (χ0n) is 9.60. The van der Waals surface area contributed by atoms with Gasteiger partial charge < -0.3 is 10.6 Å². The molecular formula is C13H14ClN3. The van der Waals surface area contributed by atoms with E-state index in [1.165, 1.54) is 0 Å². The Kier molecular flexibility index (Phi) is 3.49. The number of nitrogen functional groups attached to an aromatic ring is 1. The second-order valence-electron chi connectivity index (χ2n) is 3.91. The summed E-state index contributed by atoms with van der Waals surface area (Å²) in [5.74, 6) is 0. The highest BCUT2D eigenvalue weighted by molar-refractivity contribution is 6.31. The highest BCUT2D eigenvalue weighted by Crippen LogP contribution is 2.20. The topological polar surface area (TPSA) is 42.2 Å². The van der Waals surface area contributed by atoms with Crippen molar-refractivity contribution < 1.29 is 0 Å². The fourth-order valence-corrected chi connectivity index (χ4v) is 1.79. The van der Waals surface area contributed by atoms with Crippen LogP contribution in [0.4, 0.5) is 11.4 Å². The van der Waals surface area contributed by atoms with E-state index in [0.717, 1.165) is 23.5 Å². The summed E-state index contributed by atoms with van der Waals surface area (Å²) in [5.41, 5.74) is 8.58. The summed E-state index contributed by atoms with van der Waals surface area (Å²) in [5, 5.41) is 0.690. The van der Waals surface area contributed by atoms with Crippen LogP contribution in [0.15, 0.2) is 42.7 Å². The second kappa shape index (κ2) is 5.06. The lowest BCUT2D eigenvalue weighted by atomic mass is 10.2. The van der Waals surface area contributed by atoms with Crippen LogP contribution in [0.5, 0.6) is 0 Å². The monoisotopic (exact) mass is 247 g/mol. The number of benzene rings is 1. The van der Waals surface area contributed by atoms with Gasteiger partial charge in [0.1, 0.15) is 0 Å². The predicted molar refractivity (Wildman–Crippen MR) is 72.2 cm³/mol. The van der Waals surface area contributed by atoms with E-state index in [2.05, 4.69) is 9.88 Å². The summed E-state index contributed by atoms with van der Waals surface area (Å²) in [7, 11) is 2.02. The quantitative estimate of drug-likeness (QED) is 0.848. The largest absolute Gasteiger partial charge is 0.399 e. The molecule has 0 spiro atoms. The van der Waals surface area contributed by atoms with Crippen molar-refractivity contribution in [1.29, 1.82) is 0 Å². The van der Waals surface area contributed by atoms with Gasteiger partial charge in [-0.3, -0.25) is 4.98 Å². The van der Waals surface area contributed by atoms with Gasteiger partial charge in [-0.05, 0) is 35.9 Å². The van der Waals surface area contributed by atoms with Gasteiger partial charge in [-0.15, -0.1) is 0 Å². The maximum Gasteiger partial charge on any atom is 0.0639 e. The van der Waals surface area contributed by atoms with E-state index >= 15 is 0 Å². The first-order valence-electron chi connectivity index (χ1n) is 5.32. The number of nitrogens with two attached hydrogens (primary N) is 1. The Morgan fingerprint density at radius 3 is 2.59 bits per heavy atom. The number of hydrogen-bond acceptors (Lipinski definition) is 3. The van der Waals surface area contributed by atoms with E-state index in [4.69, 9.17) is 17.3 Å². The molecule has 0 aliphatic heterocycles. The average Bonchev–Trinajstić information content (AvgIpc) is 2.33. The molecule has 0 aliphatic rings. The molecule has 0 saturated carbocycles. The third-order valence-electron chi connectivity index (χ3n) is 2.60. The van der Waals surface area contributed by atoms with Crippen molar-refractivity contribution in [2.45, 2.75) is 6.54 Å². The fraction of sp³-hybridized carbons (Fsp3) is 0.154. The number of rotatable bonds is 3. The lowest BCUT2D eigenvalue weighted by Gasteiger charge is -2.20. The van der Waals surface area contributed by atoms with E-state index < -0.39 is 0 Å². The second-order valence-corrected chi connectivity index (χ2v) is 4.32. The van der Waals surface area contributed by atoms with Gasteiger partial charge in [-0.2, -0.15) is 0 Å². The Morgan fingerprint density at radius 2 is 1.94 bits per heavy atom. The van der Waals surface area contributed by atoms with Crippen LogP contribution in [0.3, 0.4) is 0 Å². The zero-order valence-corrected chi connectivity index (χ0v) is 10.4. The molecule has 0 saturated heterocycles. The summed E-state index contributed by atoms with van der Waals surface area (Å²) in [6.07, 6.45) is 3.41. The lowest BCUT2D eigenvalue weighted by molar-refractivity contribution is 0.920. The molecule has 3 nitrogen and oxygen atoms in total. The van der Waals surface area contributed by atoms with Crippen molar-refractivity contribution in [3.8, 4) is 0 Å². The highest BCUT2D eigenvalue weighted by atomic mass is 35.5. The standard InChI is InChI=1S/C13H14ClN3/c1-17(12-4-2-11(15)3-5-12)9-10-6-7-16-8-13(10)14/h2-8H,9,15H2,1H3. The minimum atomic E-state index is 0.690. The van der Waals surface area contributed by atoms with Crippen molar-refractivity contribution >= 4 is 23.0 Å². The summed E-state index contributed by atoms with van der Waals surface area (Å²) in [4.78, 5) is 6.08. The molecule has 0 bridgehead atoms. The molecule has 0 amide bonds. The highest BCUT2D eigenvalue weighted by Gasteiger charge is 2.05. The lowest BCUT2D eigenvalue weighted by Crippen LogP contribution is -2.16. The van der Waals surface area contributed by atoms with Gasteiger partial charge in [0.15, 0.2) is 0 Å². The van der Waals surface area contributed by atoms with Crippen LogP contribution in [-0.2, 0) is 6.54 Å². The first-order valence-corrected chi connectivity index (χ1v) is 5.69. The van der Waals surface area contributed by atoms with Crippen molar-refractivity contribution in [1.82, 2.24) is 4.98 Å². The van der Waals surface area contributed by atoms with Crippen LogP contribution < -0.4 is 10.6 Å². The first-order chi connectivity index (χ1) is 8.16. The van der Waals surface area contributed by atoms with Gasteiger partial charge >= 0.3 is 0 Å². The summed E-state index contributed by atoms with van der Waals surface area (Å²) >= 11 is 6.07. The fourth-order valence-electron chi connectivity index (χ4n) is 1.61. The maximum absolute atomic E-state index is 6.07. The molecule has 2 rings (SSSR count). The van der Waals surface area contributed by atoms with E-state index in [9.17, 15) is 0 Å². The zero-order chi connectivity index (χ0) is 12.3. The average molecular weight is 248 g/mol. The van der Waals surface area contributed by atoms with Crippen molar-refractivity contribution in [3.05, 3.63) is 53.3 Å². The first kappa shape index (κ1) is 11.7. The predicted octanol–water partition coefficient (Wildman–Crippen LogP) is 2.95. The van der Waals surface area contributed by atoms with Crippen molar-refractivity contribution in [3.63, 3.8) is 0 Å². The van der Waals surface area contributed by atoms with Gasteiger partial charge in [0.2, 0.25) is 0 Å². The number of aromatic nitrogens is 1. The van der Waals surface area contributed by atoms with Crippen LogP contribution in [0.2, 0.25) is 5.02 Å². The minimum absolute atomic E-state index is 0.690. The molecule has 0 radical (unpaired) electrons. The van der Waals surface area contributed by atoms with Gasteiger partial charge in [0.05, 0.1) is 5.02 Å². The van der Waals surface area contributed by atoms with Crippen LogP contribution in [0.25, 0.3) is 0 Å². The van der Waals surface area contributed by atoms with Crippen LogP contribution >= 0.6 is 11.6 Å². The normalized spacial score (nSPS) is 10.2. The summed E-state index contributed by atoms with van der Waals surface area (Å²) in [6.45, 7) is 0.741. The summed E-state index contributed by atoms with van der Waals surface area (Å²) in [6, 6.07) is 9.69. The Bertz CT molecular complexity index is 496. The molecule has 4 heteroatoms. The van der Waals surface area contributed by atoms with Gasteiger partial charge in [-0.1, -0.05) is 11.6 Å². The Hall–Kier alpha value is -1.74. The third kappa shape index (κ3) is 2.88. The van der Waals surface area contributed by atoms with Crippen LogP contribution in [0, 0.1) is 0 Å². The Morgan fingerprint density at radius 1 is 1.24 bits per heavy atom. The van der Waals surface area contributed by atoms with Gasteiger partial charge in [0.25, 0.3) is 0 Å². The molecule has 2 N–H and O–H groups in total. The number of halogens is 1. The Balaban J connectivity index is 2.14. The van der Waals surface area contributed by atoms with Crippen LogP contribution in [-0.4, -0.2) is 12.0 Å². The molecular weight excluding hydrogens is 234 g/mol. The SMILES string of the molecule is CN(Cc1ccncc1Cl)c1ccc(N)cc1. The molecule has 1 heterocycles. The van der Waals surface area contributed by atoms with E-state index in [0.29, 0.717) is 5.02 Å². The molecule has 1 aromatic carbocycles. The van der Waals surface area contributed by atoms with Crippen molar-refractivity contribution in [2.24, 2.45) is 0 Å². The smallest absolute Gasteiger partial charge is 0.0639 e. The number of anilines is 2. The molecule has 1 aromatic heterocycles. The minimum Gasteiger partial charge on any atom is -0.399 e. The number of hydrogen-bond donors (Lipinski definition) is 1. The van der Waals surface area contributed by atoms with E-state index in [1.807, 2.05) is 37.4 Å². The van der Waals surface area contributed by atoms with Gasteiger partial charge in [0, 0.05) is 37.4 Å².